The van der Waals surface area contributed by atoms with Gasteiger partial charge in [0.25, 0.3) is 0 Å². The first-order valence-electron chi connectivity index (χ1n) is 6.01. The number of hydrogen-bond donors (Lipinski definition) is 0. The largest absolute Gasteiger partial charge is 0.417 e. The molecule has 6 heteroatoms. The predicted octanol–water partition coefficient (Wildman–Crippen LogP) is 4.72. The third kappa shape index (κ3) is 3.34. The van der Waals surface area contributed by atoms with Crippen LogP contribution in [0.4, 0.5) is 13.2 Å². The highest BCUT2D eigenvalue weighted by Gasteiger charge is 2.32. The lowest BCUT2D eigenvalue weighted by molar-refractivity contribution is -0.137. The summed E-state index contributed by atoms with van der Waals surface area (Å²) in [5, 5.41) is 9.14. The summed E-state index contributed by atoms with van der Waals surface area (Å²) in [6.45, 7) is 1.86. The molecule has 108 valence electrons. The maximum absolute atomic E-state index is 12.6. The second kappa shape index (κ2) is 5.74. The molecule has 0 radical (unpaired) electrons. The van der Waals surface area contributed by atoms with Gasteiger partial charge in [0.05, 0.1) is 22.3 Å². The van der Waals surface area contributed by atoms with Crippen molar-refractivity contribution in [2.75, 3.05) is 0 Å². The number of aromatic nitrogens is 1. The highest BCUT2D eigenvalue weighted by atomic mass is 35.5. The molecule has 0 bridgehead atoms. The monoisotopic (exact) mass is 310 g/mol. The summed E-state index contributed by atoms with van der Waals surface area (Å²) in [6.07, 6.45) is -3.82. The zero-order chi connectivity index (χ0) is 15.6. The SMILES string of the molecule is Cc1cccc(C(C#N)c2ncc(C(F)(F)F)cc2Cl)c1. The van der Waals surface area contributed by atoms with Crippen molar-refractivity contribution >= 4 is 11.6 Å². The van der Waals surface area contributed by atoms with E-state index in [2.05, 4.69) is 4.98 Å². The van der Waals surface area contributed by atoms with Gasteiger partial charge in [-0.3, -0.25) is 4.98 Å². The van der Waals surface area contributed by atoms with Gasteiger partial charge in [0, 0.05) is 6.20 Å². The van der Waals surface area contributed by atoms with Crippen LogP contribution < -0.4 is 0 Å². The lowest BCUT2D eigenvalue weighted by Gasteiger charge is -2.13. The number of nitrogens with zero attached hydrogens (tertiary/aromatic N) is 2. The number of aryl methyl sites for hydroxylation is 1. The van der Waals surface area contributed by atoms with Crippen LogP contribution in [0.1, 0.15) is 28.3 Å². The van der Waals surface area contributed by atoms with Crippen molar-refractivity contribution in [3.63, 3.8) is 0 Å². The number of nitriles is 1. The molecular weight excluding hydrogens is 301 g/mol. The van der Waals surface area contributed by atoms with Crippen LogP contribution in [0, 0.1) is 18.3 Å². The smallest absolute Gasteiger partial charge is 0.257 e. The Bertz CT molecular complexity index is 705. The Morgan fingerprint density at radius 2 is 2.00 bits per heavy atom. The number of pyridine rings is 1. The van der Waals surface area contributed by atoms with Crippen molar-refractivity contribution in [3.05, 3.63) is 63.9 Å². The first kappa shape index (κ1) is 15.3. The van der Waals surface area contributed by atoms with E-state index in [0.717, 1.165) is 11.6 Å². The maximum Gasteiger partial charge on any atom is 0.417 e. The predicted molar refractivity (Wildman–Crippen MR) is 72.9 cm³/mol. The molecule has 1 aromatic carbocycles. The summed E-state index contributed by atoms with van der Waals surface area (Å²) in [4.78, 5) is 3.75. The van der Waals surface area contributed by atoms with Gasteiger partial charge in [-0.15, -0.1) is 0 Å². The molecule has 2 nitrogen and oxygen atoms in total. The summed E-state index contributed by atoms with van der Waals surface area (Å²) in [7, 11) is 0. The molecule has 0 aliphatic heterocycles. The van der Waals surface area contributed by atoms with Gasteiger partial charge < -0.3 is 0 Å². The molecule has 0 N–H and O–H groups in total. The lowest BCUT2D eigenvalue weighted by atomic mass is 9.95. The molecule has 0 saturated carbocycles. The zero-order valence-electron chi connectivity index (χ0n) is 10.9. The van der Waals surface area contributed by atoms with Crippen molar-refractivity contribution in [2.45, 2.75) is 19.0 Å². The van der Waals surface area contributed by atoms with Gasteiger partial charge in [0.1, 0.15) is 5.92 Å². The topological polar surface area (TPSA) is 36.7 Å². The number of halogens is 4. The van der Waals surface area contributed by atoms with Gasteiger partial charge in [-0.1, -0.05) is 41.4 Å². The maximum atomic E-state index is 12.6. The molecule has 0 fully saturated rings. The van der Waals surface area contributed by atoms with Crippen LogP contribution in [-0.4, -0.2) is 4.98 Å². The van der Waals surface area contributed by atoms with Crippen LogP contribution in [0.2, 0.25) is 5.02 Å². The highest BCUT2D eigenvalue weighted by molar-refractivity contribution is 6.31. The van der Waals surface area contributed by atoms with E-state index in [1.807, 2.05) is 19.1 Å². The fraction of sp³-hybridized carbons (Fsp3) is 0.200. The summed E-state index contributed by atoms with van der Waals surface area (Å²) in [6, 6.07) is 9.96. The molecular formula is C15H10ClF3N2. The van der Waals surface area contributed by atoms with Crippen LogP contribution in [0.3, 0.4) is 0 Å². The number of alkyl halides is 3. The normalized spacial score (nSPS) is 12.8. The molecule has 1 aromatic heterocycles. The van der Waals surface area contributed by atoms with Gasteiger partial charge in [-0.25, -0.2) is 0 Å². The third-order valence-electron chi connectivity index (χ3n) is 2.97. The van der Waals surface area contributed by atoms with E-state index >= 15 is 0 Å². The highest BCUT2D eigenvalue weighted by Crippen LogP contribution is 2.34. The Morgan fingerprint density at radius 3 is 2.52 bits per heavy atom. The first-order chi connectivity index (χ1) is 9.82. The Kier molecular flexibility index (Phi) is 4.19. The van der Waals surface area contributed by atoms with Gasteiger partial charge in [0.2, 0.25) is 0 Å². The number of rotatable bonds is 2. The zero-order valence-corrected chi connectivity index (χ0v) is 11.7. The van der Waals surface area contributed by atoms with Crippen molar-refractivity contribution in [2.24, 2.45) is 0 Å². The van der Waals surface area contributed by atoms with Crippen LogP contribution in [0.5, 0.6) is 0 Å². The van der Waals surface area contributed by atoms with E-state index in [0.29, 0.717) is 11.8 Å². The third-order valence-corrected chi connectivity index (χ3v) is 3.28. The van der Waals surface area contributed by atoms with Gasteiger partial charge in [0.15, 0.2) is 0 Å². The summed E-state index contributed by atoms with van der Waals surface area (Å²) >= 11 is 5.89. The van der Waals surface area contributed by atoms with Crippen LogP contribution in [0.15, 0.2) is 36.5 Å². The molecule has 2 rings (SSSR count). The average molecular weight is 311 g/mol. The summed E-state index contributed by atoms with van der Waals surface area (Å²) in [5.74, 6) is -0.806. The molecule has 0 amide bonds. The lowest BCUT2D eigenvalue weighted by Crippen LogP contribution is -2.09. The molecule has 0 aliphatic carbocycles. The molecule has 1 heterocycles. The first-order valence-corrected chi connectivity index (χ1v) is 6.39. The summed E-state index contributed by atoms with van der Waals surface area (Å²) in [5.41, 5.74) is 0.775. The number of hydrogen-bond acceptors (Lipinski definition) is 2. The molecule has 2 aromatic rings. The van der Waals surface area contributed by atoms with Crippen LogP contribution in [-0.2, 0) is 6.18 Å². The molecule has 21 heavy (non-hydrogen) atoms. The van der Waals surface area contributed by atoms with Crippen molar-refractivity contribution in [1.29, 1.82) is 5.26 Å². The van der Waals surface area contributed by atoms with E-state index in [4.69, 9.17) is 11.6 Å². The van der Waals surface area contributed by atoms with E-state index in [1.54, 1.807) is 18.2 Å². The quantitative estimate of drug-likeness (QED) is 0.805. The van der Waals surface area contributed by atoms with Gasteiger partial charge >= 0.3 is 6.18 Å². The number of benzene rings is 1. The minimum Gasteiger partial charge on any atom is -0.257 e. The standard InChI is InChI=1S/C15H10ClF3N2/c1-9-3-2-4-10(5-9)12(7-20)14-13(16)6-11(8-21-14)15(17,18)19/h2-6,8,12H,1H3. The Labute approximate surface area is 124 Å². The van der Waals surface area contributed by atoms with Crippen molar-refractivity contribution in [3.8, 4) is 6.07 Å². The van der Waals surface area contributed by atoms with Gasteiger partial charge in [-0.2, -0.15) is 18.4 Å². The van der Waals surface area contributed by atoms with Gasteiger partial charge in [-0.05, 0) is 18.6 Å². The average Bonchev–Trinajstić information content (AvgIpc) is 2.40. The fourth-order valence-corrected chi connectivity index (χ4v) is 2.23. The van der Waals surface area contributed by atoms with E-state index in [-0.39, 0.29) is 10.7 Å². The Hall–Kier alpha value is -2.06. The summed E-state index contributed by atoms with van der Waals surface area (Å²) < 4.78 is 37.8. The van der Waals surface area contributed by atoms with Crippen LogP contribution >= 0.6 is 11.6 Å². The minimum absolute atomic E-state index is 0.123. The molecule has 0 aliphatic rings. The minimum atomic E-state index is -4.51. The van der Waals surface area contributed by atoms with E-state index in [9.17, 15) is 18.4 Å². The fourth-order valence-electron chi connectivity index (χ4n) is 1.96. The van der Waals surface area contributed by atoms with E-state index < -0.39 is 17.7 Å². The van der Waals surface area contributed by atoms with E-state index in [1.165, 1.54) is 0 Å². The molecule has 0 saturated heterocycles. The Morgan fingerprint density at radius 1 is 1.29 bits per heavy atom. The van der Waals surface area contributed by atoms with Crippen molar-refractivity contribution < 1.29 is 13.2 Å². The molecule has 0 spiro atoms. The second-order valence-corrected chi connectivity index (χ2v) is 4.97. The van der Waals surface area contributed by atoms with Crippen molar-refractivity contribution in [1.82, 2.24) is 4.98 Å². The second-order valence-electron chi connectivity index (χ2n) is 4.57. The van der Waals surface area contributed by atoms with Crippen LogP contribution in [0.25, 0.3) is 0 Å². The molecule has 1 unspecified atom stereocenters. The molecule has 1 atom stereocenters. The Balaban J connectivity index is 2.47.